The molecule has 0 bridgehead atoms. The van der Waals surface area contributed by atoms with Crippen molar-refractivity contribution in [1.29, 1.82) is 0 Å². The van der Waals surface area contributed by atoms with E-state index in [2.05, 4.69) is 26.1 Å². The molecule has 0 saturated heterocycles. The Morgan fingerprint density at radius 1 is 1.33 bits per heavy atom. The van der Waals surface area contributed by atoms with Crippen molar-refractivity contribution in [2.75, 3.05) is 6.54 Å². The van der Waals surface area contributed by atoms with Gasteiger partial charge in [0.25, 0.3) is 0 Å². The maximum absolute atomic E-state index is 13.5. The van der Waals surface area contributed by atoms with Crippen molar-refractivity contribution in [3.05, 3.63) is 29.6 Å². The van der Waals surface area contributed by atoms with Crippen LogP contribution in [-0.4, -0.2) is 18.7 Å². The number of halogens is 1. The van der Waals surface area contributed by atoms with Gasteiger partial charge in [0, 0.05) is 12.1 Å². The summed E-state index contributed by atoms with van der Waals surface area (Å²) in [7, 11) is 0. The molecular weight excluding hydrogens is 229 g/mol. The summed E-state index contributed by atoms with van der Waals surface area (Å²) in [6.45, 7) is 7.22. The number of rotatable bonds is 5. The van der Waals surface area contributed by atoms with Crippen molar-refractivity contribution in [3.63, 3.8) is 0 Å². The Kier molecular flexibility index (Phi) is 4.23. The summed E-state index contributed by atoms with van der Waals surface area (Å²) < 4.78 is 19.3. The summed E-state index contributed by atoms with van der Waals surface area (Å²) in [5, 5.41) is 3.38. The van der Waals surface area contributed by atoms with Crippen LogP contribution < -0.4 is 10.1 Å². The molecule has 1 aliphatic carbocycles. The lowest BCUT2D eigenvalue weighted by molar-refractivity contribution is 0.0855. The fourth-order valence-electron chi connectivity index (χ4n) is 2.30. The molecule has 100 valence electrons. The molecule has 0 spiro atoms. The van der Waals surface area contributed by atoms with E-state index in [-0.39, 0.29) is 11.9 Å². The zero-order valence-corrected chi connectivity index (χ0v) is 11.4. The monoisotopic (exact) mass is 251 g/mol. The molecule has 2 rings (SSSR count). The van der Waals surface area contributed by atoms with Crippen LogP contribution in [0.4, 0.5) is 4.39 Å². The molecule has 2 nitrogen and oxygen atoms in total. The maximum atomic E-state index is 13.5. The number of ether oxygens (including phenoxy) is 1. The molecule has 0 aliphatic heterocycles. The van der Waals surface area contributed by atoms with Crippen molar-refractivity contribution in [2.24, 2.45) is 0 Å². The zero-order chi connectivity index (χ0) is 13.1. The van der Waals surface area contributed by atoms with E-state index in [4.69, 9.17) is 4.74 Å². The summed E-state index contributed by atoms with van der Waals surface area (Å²) in [6, 6.07) is 5.58. The predicted octanol–water partition coefficient (Wildman–Crippen LogP) is 3.47. The first-order chi connectivity index (χ1) is 8.58. The van der Waals surface area contributed by atoms with E-state index in [0.29, 0.717) is 17.7 Å². The highest BCUT2D eigenvalue weighted by molar-refractivity contribution is 5.31. The summed E-state index contributed by atoms with van der Waals surface area (Å²) in [6.07, 6.45) is 2.26. The van der Waals surface area contributed by atoms with Crippen LogP contribution >= 0.6 is 0 Å². The van der Waals surface area contributed by atoms with Gasteiger partial charge in [-0.2, -0.15) is 0 Å². The van der Waals surface area contributed by atoms with Gasteiger partial charge in [0.1, 0.15) is 17.7 Å². The molecule has 0 atom stereocenters. The minimum absolute atomic E-state index is 0.209. The van der Waals surface area contributed by atoms with Gasteiger partial charge in [-0.1, -0.05) is 20.8 Å². The number of benzene rings is 1. The van der Waals surface area contributed by atoms with Crippen LogP contribution in [0.1, 0.15) is 45.1 Å². The molecule has 1 aromatic carbocycles. The summed E-state index contributed by atoms with van der Waals surface area (Å²) in [5.41, 5.74) is 0.993. The Morgan fingerprint density at radius 2 is 2.06 bits per heavy atom. The van der Waals surface area contributed by atoms with E-state index in [1.54, 1.807) is 6.07 Å². The van der Waals surface area contributed by atoms with Crippen molar-refractivity contribution < 1.29 is 9.13 Å². The standard InChI is InChI=1S/C15H22FNO/c1-4-17-13-8-15(9-13)18-14-6-11(10(2)3)5-12(16)7-14/h5-7,10,13,15,17H,4,8-9H2,1-3H3. The van der Waals surface area contributed by atoms with Gasteiger partial charge < -0.3 is 10.1 Å². The first kappa shape index (κ1) is 13.3. The molecule has 1 N–H and O–H groups in total. The first-order valence-electron chi connectivity index (χ1n) is 6.79. The van der Waals surface area contributed by atoms with Gasteiger partial charge in [0.2, 0.25) is 0 Å². The third-order valence-electron chi connectivity index (χ3n) is 3.45. The van der Waals surface area contributed by atoms with Crippen LogP contribution in [0, 0.1) is 5.82 Å². The molecule has 0 aromatic heterocycles. The Morgan fingerprint density at radius 3 is 2.67 bits per heavy atom. The Balaban J connectivity index is 1.94. The van der Waals surface area contributed by atoms with Crippen molar-refractivity contribution in [2.45, 2.75) is 51.7 Å². The van der Waals surface area contributed by atoms with Gasteiger partial charge in [-0.3, -0.25) is 0 Å². The largest absolute Gasteiger partial charge is 0.490 e. The van der Waals surface area contributed by atoms with E-state index in [0.717, 1.165) is 24.9 Å². The third-order valence-corrected chi connectivity index (χ3v) is 3.45. The molecule has 0 radical (unpaired) electrons. The van der Waals surface area contributed by atoms with Crippen LogP contribution in [-0.2, 0) is 0 Å². The molecule has 1 aromatic rings. The minimum Gasteiger partial charge on any atom is -0.490 e. The number of hydrogen-bond acceptors (Lipinski definition) is 2. The molecular formula is C15H22FNO. The van der Waals surface area contributed by atoms with Crippen LogP contribution in [0.25, 0.3) is 0 Å². The predicted molar refractivity (Wildman–Crippen MR) is 71.6 cm³/mol. The fourth-order valence-corrected chi connectivity index (χ4v) is 2.30. The van der Waals surface area contributed by atoms with Crippen LogP contribution in [0.3, 0.4) is 0 Å². The Labute approximate surface area is 109 Å². The quantitative estimate of drug-likeness (QED) is 0.865. The van der Waals surface area contributed by atoms with E-state index in [9.17, 15) is 4.39 Å². The second-order valence-electron chi connectivity index (χ2n) is 5.34. The van der Waals surface area contributed by atoms with Crippen molar-refractivity contribution in [1.82, 2.24) is 5.32 Å². The molecule has 0 heterocycles. The Bertz CT molecular complexity index is 399. The van der Waals surface area contributed by atoms with Crippen molar-refractivity contribution >= 4 is 0 Å². The van der Waals surface area contributed by atoms with E-state index in [1.807, 2.05) is 6.07 Å². The Hall–Kier alpha value is -1.09. The summed E-state index contributed by atoms with van der Waals surface area (Å²) >= 11 is 0. The first-order valence-corrected chi connectivity index (χ1v) is 6.79. The molecule has 0 unspecified atom stereocenters. The maximum Gasteiger partial charge on any atom is 0.127 e. The third kappa shape index (κ3) is 3.22. The van der Waals surface area contributed by atoms with Gasteiger partial charge in [-0.15, -0.1) is 0 Å². The fraction of sp³-hybridized carbons (Fsp3) is 0.600. The highest BCUT2D eigenvalue weighted by atomic mass is 19.1. The zero-order valence-electron chi connectivity index (χ0n) is 11.4. The number of hydrogen-bond donors (Lipinski definition) is 1. The average molecular weight is 251 g/mol. The van der Waals surface area contributed by atoms with Gasteiger partial charge in [-0.05, 0) is 43.0 Å². The lowest BCUT2D eigenvalue weighted by Crippen LogP contribution is -2.46. The summed E-state index contributed by atoms with van der Waals surface area (Å²) in [4.78, 5) is 0. The van der Waals surface area contributed by atoms with Gasteiger partial charge in [-0.25, -0.2) is 4.39 Å². The van der Waals surface area contributed by atoms with Crippen LogP contribution in [0.5, 0.6) is 5.75 Å². The lowest BCUT2D eigenvalue weighted by atomic mass is 9.89. The van der Waals surface area contributed by atoms with Crippen LogP contribution in [0.15, 0.2) is 18.2 Å². The van der Waals surface area contributed by atoms with Crippen LogP contribution in [0.2, 0.25) is 0 Å². The molecule has 3 heteroatoms. The molecule has 1 fully saturated rings. The van der Waals surface area contributed by atoms with E-state index < -0.39 is 0 Å². The second kappa shape index (κ2) is 5.70. The highest BCUT2D eigenvalue weighted by Crippen LogP contribution is 2.28. The average Bonchev–Trinajstić information content (AvgIpc) is 2.25. The van der Waals surface area contributed by atoms with Crippen molar-refractivity contribution in [3.8, 4) is 5.75 Å². The van der Waals surface area contributed by atoms with Gasteiger partial charge in [0.15, 0.2) is 0 Å². The molecule has 0 amide bonds. The SMILES string of the molecule is CCNC1CC(Oc2cc(F)cc(C(C)C)c2)C1. The topological polar surface area (TPSA) is 21.3 Å². The second-order valence-corrected chi connectivity index (χ2v) is 5.34. The molecule has 1 aliphatic rings. The van der Waals surface area contributed by atoms with E-state index in [1.165, 1.54) is 6.07 Å². The summed E-state index contributed by atoms with van der Waals surface area (Å²) in [5.74, 6) is 0.774. The molecule has 1 saturated carbocycles. The smallest absolute Gasteiger partial charge is 0.127 e. The lowest BCUT2D eigenvalue weighted by Gasteiger charge is -2.35. The highest BCUT2D eigenvalue weighted by Gasteiger charge is 2.30. The molecule has 18 heavy (non-hydrogen) atoms. The van der Waals surface area contributed by atoms with Gasteiger partial charge in [0.05, 0.1) is 0 Å². The minimum atomic E-state index is -0.209. The normalized spacial score (nSPS) is 22.9. The van der Waals surface area contributed by atoms with Gasteiger partial charge >= 0.3 is 0 Å². The van der Waals surface area contributed by atoms with E-state index >= 15 is 0 Å². The number of nitrogens with one attached hydrogen (secondary N) is 1.